The number of carbonyl (C=O) groups excluding carboxylic acids is 1. The number of rotatable bonds is 10. The molecule has 0 aliphatic heterocycles. The predicted octanol–water partition coefficient (Wildman–Crippen LogP) is 5.13. The van der Waals surface area contributed by atoms with Crippen LogP contribution in [0.1, 0.15) is 73.1 Å². The van der Waals surface area contributed by atoms with Gasteiger partial charge in [-0.25, -0.2) is 4.79 Å². The van der Waals surface area contributed by atoms with Gasteiger partial charge in [-0.3, -0.25) is 0 Å². The van der Waals surface area contributed by atoms with Crippen LogP contribution in [0.2, 0.25) is 0 Å². The minimum Gasteiger partial charge on any atom is -0.462 e. The van der Waals surface area contributed by atoms with Crippen molar-refractivity contribution in [2.45, 2.75) is 73.1 Å². The van der Waals surface area contributed by atoms with E-state index in [-0.39, 0.29) is 11.4 Å². The molecule has 0 aromatic heterocycles. The van der Waals surface area contributed by atoms with Gasteiger partial charge in [-0.1, -0.05) is 66.4 Å². The Morgan fingerprint density at radius 3 is 2.26 bits per heavy atom. The number of unbranched alkanes of at least 4 members (excludes halogenated alkanes) is 4. The zero-order chi connectivity index (χ0) is 14.9. The zero-order valence-electron chi connectivity index (χ0n) is 13.6. The lowest BCUT2D eigenvalue weighted by atomic mass is 9.75. The largest absolute Gasteiger partial charge is 0.462 e. The fourth-order valence-electron chi connectivity index (χ4n) is 2.01. The molecular weight excluding hydrogens is 236 g/mol. The van der Waals surface area contributed by atoms with E-state index in [0.717, 1.165) is 6.42 Å². The first-order valence-electron chi connectivity index (χ1n) is 7.66. The van der Waals surface area contributed by atoms with E-state index in [1.54, 1.807) is 6.92 Å². The summed E-state index contributed by atoms with van der Waals surface area (Å²) in [6.07, 6.45) is 7.54. The SMILES string of the molecule is C=C(C)C(=O)OCC(C)(CCCCCCC)C(C)C. The van der Waals surface area contributed by atoms with Crippen LogP contribution in [-0.4, -0.2) is 12.6 Å². The van der Waals surface area contributed by atoms with Gasteiger partial charge in [-0.05, 0) is 19.3 Å². The van der Waals surface area contributed by atoms with Gasteiger partial charge < -0.3 is 4.74 Å². The highest BCUT2D eigenvalue weighted by atomic mass is 16.5. The van der Waals surface area contributed by atoms with Crippen LogP contribution in [-0.2, 0) is 9.53 Å². The predicted molar refractivity (Wildman–Crippen MR) is 82.1 cm³/mol. The molecule has 0 aliphatic carbocycles. The van der Waals surface area contributed by atoms with Crippen LogP contribution in [0.25, 0.3) is 0 Å². The van der Waals surface area contributed by atoms with Gasteiger partial charge in [0.25, 0.3) is 0 Å². The molecule has 0 aromatic carbocycles. The van der Waals surface area contributed by atoms with E-state index in [2.05, 4.69) is 34.3 Å². The molecule has 112 valence electrons. The van der Waals surface area contributed by atoms with Crippen molar-refractivity contribution in [2.75, 3.05) is 6.61 Å². The Bertz CT molecular complexity index is 281. The Balaban J connectivity index is 4.19. The van der Waals surface area contributed by atoms with Crippen molar-refractivity contribution in [3.63, 3.8) is 0 Å². The van der Waals surface area contributed by atoms with Crippen molar-refractivity contribution in [3.8, 4) is 0 Å². The van der Waals surface area contributed by atoms with Gasteiger partial charge >= 0.3 is 5.97 Å². The number of hydrogen-bond donors (Lipinski definition) is 0. The molecule has 2 heteroatoms. The minimum atomic E-state index is -0.266. The van der Waals surface area contributed by atoms with E-state index in [4.69, 9.17) is 4.74 Å². The molecule has 1 unspecified atom stereocenters. The molecule has 2 nitrogen and oxygen atoms in total. The molecule has 1 atom stereocenters. The second-order valence-electron chi connectivity index (χ2n) is 6.33. The monoisotopic (exact) mass is 268 g/mol. The molecule has 0 aromatic rings. The zero-order valence-corrected chi connectivity index (χ0v) is 13.6. The Morgan fingerprint density at radius 1 is 1.21 bits per heavy atom. The van der Waals surface area contributed by atoms with Crippen molar-refractivity contribution in [3.05, 3.63) is 12.2 Å². The summed E-state index contributed by atoms with van der Waals surface area (Å²) in [5.41, 5.74) is 0.561. The van der Waals surface area contributed by atoms with Crippen molar-refractivity contribution < 1.29 is 9.53 Å². The molecule has 0 saturated heterocycles. The lowest BCUT2D eigenvalue weighted by Crippen LogP contribution is -2.30. The van der Waals surface area contributed by atoms with Gasteiger partial charge in [-0.2, -0.15) is 0 Å². The van der Waals surface area contributed by atoms with Crippen LogP contribution in [0.4, 0.5) is 0 Å². The summed E-state index contributed by atoms with van der Waals surface area (Å²) in [6, 6.07) is 0. The van der Waals surface area contributed by atoms with E-state index in [0.29, 0.717) is 18.1 Å². The molecule has 19 heavy (non-hydrogen) atoms. The number of esters is 1. The molecule has 0 heterocycles. The highest BCUT2D eigenvalue weighted by Gasteiger charge is 2.29. The van der Waals surface area contributed by atoms with Crippen molar-refractivity contribution in [1.82, 2.24) is 0 Å². The Hall–Kier alpha value is -0.790. The highest BCUT2D eigenvalue weighted by Crippen LogP contribution is 2.33. The summed E-state index contributed by atoms with van der Waals surface area (Å²) in [5.74, 6) is 0.245. The van der Waals surface area contributed by atoms with E-state index in [1.807, 2.05) is 0 Å². The molecule has 0 bridgehead atoms. The van der Waals surface area contributed by atoms with Crippen LogP contribution in [0.5, 0.6) is 0 Å². The van der Waals surface area contributed by atoms with Crippen molar-refractivity contribution in [2.24, 2.45) is 11.3 Å². The maximum absolute atomic E-state index is 11.5. The molecule has 0 amide bonds. The van der Waals surface area contributed by atoms with Crippen LogP contribution in [0, 0.1) is 11.3 Å². The lowest BCUT2D eigenvalue weighted by Gasteiger charge is -2.33. The van der Waals surface area contributed by atoms with Gasteiger partial charge in [0, 0.05) is 11.0 Å². The van der Waals surface area contributed by atoms with E-state index < -0.39 is 0 Å². The molecule has 0 saturated carbocycles. The summed E-state index contributed by atoms with van der Waals surface area (Å²) in [6.45, 7) is 14.7. The van der Waals surface area contributed by atoms with E-state index in [1.165, 1.54) is 32.1 Å². The number of ether oxygens (including phenoxy) is 1. The third-order valence-corrected chi connectivity index (χ3v) is 4.13. The summed E-state index contributed by atoms with van der Waals surface area (Å²) in [7, 11) is 0. The average Bonchev–Trinajstić information content (AvgIpc) is 2.35. The van der Waals surface area contributed by atoms with E-state index >= 15 is 0 Å². The fourth-order valence-corrected chi connectivity index (χ4v) is 2.01. The van der Waals surface area contributed by atoms with Gasteiger partial charge in [0.15, 0.2) is 0 Å². The second kappa shape index (κ2) is 9.17. The fraction of sp³-hybridized carbons (Fsp3) is 0.824. The standard InChI is InChI=1S/C17H32O2/c1-7-8-9-10-11-12-17(6,15(4)5)13-19-16(18)14(2)3/h15H,2,7-13H2,1,3-6H3. The average molecular weight is 268 g/mol. The smallest absolute Gasteiger partial charge is 0.333 e. The Labute approximate surface area is 119 Å². The van der Waals surface area contributed by atoms with E-state index in [9.17, 15) is 4.79 Å². The van der Waals surface area contributed by atoms with Crippen LogP contribution < -0.4 is 0 Å². The third-order valence-electron chi connectivity index (χ3n) is 4.13. The second-order valence-corrected chi connectivity index (χ2v) is 6.33. The quantitative estimate of drug-likeness (QED) is 0.312. The maximum atomic E-state index is 11.5. The van der Waals surface area contributed by atoms with Crippen LogP contribution in [0.15, 0.2) is 12.2 Å². The molecule has 0 spiro atoms. The molecule has 0 N–H and O–H groups in total. The summed E-state index contributed by atoms with van der Waals surface area (Å²) in [4.78, 5) is 11.5. The lowest BCUT2D eigenvalue weighted by molar-refractivity contribution is -0.143. The normalized spacial score (nSPS) is 14.2. The topological polar surface area (TPSA) is 26.3 Å². The Kier molecular flexibility index (Phi) is 8.79. The van der Waals surface area contributed by atoms with Gasteiger partial charge in [0.05, 0.1) is 6.61 Å². The summed E-state index contributed by atoms with van der Waals surface area (Å²) < 4.78 is 5.37. The first-order chi connectivity index (χ1) is 8.83. The van der Waals surface area contributed by atoms with Crippen molar-refractivity contribution >= 4 is 5.97 Å². The number of carbonyl (C=O) groups is 1. The van der Waals surface area contributed by atoms with Gasteiger partial charge in [-0.15, -0.1) is 0 Å². The van der Waals surface area contributed by atoms with Crippen LogP contribution in [0.3, 0.4) is 0 Å². The van der Waals surface area contributed by atoms with Crippen LogP contribution >= 0.6 is 0 Å². The minimum absolute atomic E-state index is 0.0807. The highest BCUT2D eigenvalue weighted by molar-refractivity contribution is 5.86. The van der Waals surface area contributed by atoms with Crippen molar-refractivity contribution in [1.29, 1.82) is 0 Å². The molecule has 0 aliphatic rings. The molecule has 0 rings (SSSR count). The molecular formula is C17H32O2. The molecule has 0 fully saturated rings. The molecule has 0 radical (unpaired) electrons. The first kappa shape index (κ1) is 18.2. The maximum Gasteiger partial charge on any atom is 0.333 e. The first-order valence-corrected chi connectivity index (χ1v) is 7.66. The van der Waals surface area contributed by atoms with Gasteiger partial charge in [0.2, 0.25) is 0 Å². The van der Waals surface area contributed by atoms with Gasteiger partial charge in [0.1, 0.15) is 0 Å². The summed E-state index contributed by atoms with van der Waals surface area (Å²) in [5, 5.41) is 0. The Morgan fingerprint density at radius 2 is 1.79 bits per heavy atom. The summed E-state index contributed by atoms with van der Waals surface area (Å²) >= 11 is 0. The number of hydrogen-bond acceptors (Lipinski definition) is 2. The third kappa shape index (κ3) is 7.39.